The quantitative estimate of drug-likeness (QED) is 0.543. The summed E-state index contributed by atoms with van der Waals surface area (Å²) in [6, 6.07) is 11.1. The first kappa shape index (κ1) is 12.6. The number of furan rings is 1. The van der Waals surface area contributed by atoms with Gasteiger partial charge in [-0.2, -0.15) is 0 Å². The van der Waals surface area contributed by atoms with Gasteiger partial charge in [-0.3, -0.25) is 4.79 Å². The van der Waals surface area contributed by atoms with E-state index in [1.165, 1.54) is 0 Å². The van der Waals surface area contributed by atoms with Gasteiger partial charge in [0.15, 0.2) is 5.76 Å². The molecular weight excluding hydrogens is 280 g/mol. The molecule has 0 saturated heterocycles. The van der Waals surface area contributed by atoms with Gasteiger partial charge >= 0.3 is 0 Å². The smallest absolute Gasteiger partial charge is 0.248 e. The van der Waals surface area contributed by atoms with Crippen molar-refractivity contribution in [1.82, 2.24) is 9.38 Å². The molecule has 5 nitrogen and oxygen atoms in total. The Morgan fingerprint density at radius 1 is 1.27 bits per heavy atom. The molecule has 0 spiro atoms. The highest BCUT2D eigenvalue weighted by Crippen LogP contribution is 2.27. The highest BCUT2D eigenvalue weighted by molar-refractivity contribution is 6.14. The van der Waals surface area contributed by atoms with Crippen LogP contribution in [0, 0.1) is 0 Å². The summed E-state index contributed by atoms with van der Waals surface area (Å²) in [4.78, 5) is 17.0. The van der Waals surface area contributed by atoms with Crippen molar-refractivity contribution in [2.45, 2.75) is 0 Å². The van der Waals surface area contributed by atoms with E-state index >= 15 is 0 Å². The lowest BCUT2D eigenvalue weighted by molar-refractivity contribution is 0.101. The summed E-state index contributed by atoms with van der Waals surface area (Å²) in [5, 5.41) is 1.58. The van der Waals surface area contributed by atoms with Gasteiger partial charge in [0.05, 0.1) is 13.4 Å². The van der Waals surface area contributed by atoms with Crippen LogP contribution in [0.2, 0.25) is 0 Å². The fourth-order valence-electron chi connectivity index (χ4n) is 2.49. The number of nitrogens with zero attached hydrogens (tertiary/aromatic N) is 2. The molecule has 0 saturated carbocycles. The molecular formula is C17H12N2O3. The molecule has 5 heteroatoms. The minimum absolute atomic E-state index is 0.233. The lowest BCUT2D eigenvalue weighted by atomic mass is 10.1. The van der Waals surface area contributed by atoms with Crippen molar-refractivity contribution >= 4 is 22.2 Å². The molecule has 4 rings (SSSR count). The Morgan fingerprint density at radius 2 is 2.18 bits per heavy atom. The summed E-state index contributed by atoms with van der Waals surface area (Å²) < 4.78 is 12.5. The molecule has 0 aliphatic heterocycles. The zero-order valence-electron chi connectivity index (χ0n) is 11.8. The van der Waals surface area contributed by atoms with Gasteiger partial charge in [0.1, 0.15) is 17.1 Å². The van der Waals surface area contributed by atoms with E-state index in [1.54, 1.807) is 30.0 Å². The SMILES string of the molecule is COc1ccc2c(C(=O)c3cn4ccccc4n3)occ2c1. The molecule has 22 heavy (non-hydrogen) atoms. The average Bonchev–Trinajstić information content (AvgIpc) is 3.17. The summed E-state index contributed by atoms with van der Waals surface area (Å²) >= 11 is 0. The van der Waals surface area contributed by atoms with E-state index < -0.39 is 0 Å². The maximum Gasteiger partial charge on any atom is 0.248 e. The van der Waals surface area contributed by atoms with E-state index in [0.717, 1.165) is 22.2 Å². The van der Waals surface area contributed by atoms with Crippen LogP contribution in [-0.4, -0.2) is 22.3 Å². The van der Waals surface area contributed by atoms with Crippen LogP contribution in [0.25, 0.3) is 16.4 Å². The number of pyridine rings is 1. The van der Waals surface area contributed by atoms with Crippen molar-refractivity contribution in [2.75, 3.05) is 7.11 Å². The van der Waals surface area contributed by atoms with E-state index in [9.17, 15) is 4.79 Å². The van der Waals surface area contributed by atoms with Gasteiger partial charge in [0.2, 0.25) is 5.78 Å². The number of carbonyl (C=O) groups excluding carboxylic acids is 1. The third kappa shape index (κ3) is 1.87. The van der Waals surface area contributed by atoms with E-state index in [0.29, 0.717) is 11.5 Å². The molecule has 1 aromatic carbocycles. The standard InChI is InChI=1S/C17H12N2O3/c1-21-12-5-6-13-11(8-12)10-22-17(13)16(20)14-9-19-7-3-2-4-15(19)18-14/h2-10H,1H3. The summed E-state index contributed by atoms with van der Waals surface area (Å²) in [5.41, 5.74) is 1.08. The van der Waals surface area contributed by atoms with Crippen molar-refractivity contribution in [3.63, 3.8) is 0 Å². The van der Waals surface area contributed by atoms with Gasteiger partial charge in [-0.05, 0) is 30.3 Å². The third-order valence-electron chi connectivity index (χ3n) is 3.61. The zero-order chi connectivity index (χ0) is 15.1. The third-order valence-corrected chi connectivity index (χ3v) is 3.61. The van der Waals surface area contributed by atoms with Crippen LogP contribution in [0.1, 0.15) is 16.2 Å². The Bertz CT molecular complexity index is 964. The maximum absolute atomic E-state index is 12.6. The fraction of sp³-hybridized carbons (Fsp3) is 0.0588. The first-order valence-electron chi connectivity index (χ1n) is 6.80. The summed E-state index contributed by atoms with van der Waals surface area (Å²) in [7, 11) is 1.60. The second-order valence-electron chi connectivity index (χ2n) is 4.94. The van der Waals surface area contributed by atoms with Gasteiger partial charge < -0.3 is 13.6 Å². The Morgan fingerprint density at radius 3 is 3.00 bits per heavy atom. The number of imidazole rings is 1. The Labute approximate surface area is 125 Å². The Balaban J connectivity index is 1.82. The molecule has 0 fully saturated rings. The maximum atomic E-state index is 12.6. The number of fused-ring (bicyclic) bond motifs is 2. The first-order valence-corrected chi connectivity index (χ1v) is 6.80. The van der Waals surface area contributed by atoms with Gasteiger partial charge in [0, 0.05) is 23.2 Å². The van der Waals surface area contributed by atoms with Crippen molar-refractivity contribution in [2.24, 2.45) is 0 Å². The molecule has 0 bridgehead atoms. The highest BCUT2D eigenvalue weighted by atomic mass is 16.5. The van der Waals surface area contributed by atoms with Crippen molar-refractivity contribution < 1.29 is 13.9 Å². The van der Waals surface area contributed by atoms with Crippen LogP contribution in [-0.2, 0) is 0 Å². The molecule has 0 atom stereocenters. The van der Waals surface area contributed by atoms with Crippen LogP contribution < -0.4 is 4.74 Å². The largest absolute Gasteiger partial charge is 0.497 e. The Hall–Kier alpha value is -3.08. The molecule has 4 aromatic rings. The first-order chi connectivity index (χ1) is 10.8. The number of benzene rings is 1. The van der Waals surface area contributed by atoms with Crippen molar-refractivity contribution in [1.29, 1.82) is 0 Å². The number of hydrogen-bond acceptors (Lipinski definition) is 4. The molecule has 3 aromatic heterocycles. The number of carbonyl (C=O) groups is 1. The minimum Gasteiger partial charge on any atom is -0.497 e. The van der Waals surface area contributed by atoms with Crippen LogP contribution in [0.15, 0.2) is 59.5 Å². The van der Waals surface area contributed by atoms with E-state index in [4.69, 9.17) is 9.15 Å². The van der Waals surface area contributed by atoms with Crippen LogP contribution >= 0.6 is 0 Å². The predicted molar refractivity (Wildman–Crippen MR) is 81.4 cm³/mol. The second kappa shape index (κ2) is 4.73. The van der Waals surface area contributed by atoms with Gasteiger partial charge in [-0.1, -0.05) is 6.07 Å². The molecule has 3 heterocycles. The molecule has 0 aliphatic rings. The van der Waals surface area contributed by atoms with E-state index in [2.05, 4.69) is 4.98 Å². The van der Waals surface area contributed by atoms with Gasteiger partial charge in [-0.25, -0.2) is 4.98 Å². The molecule has 0 unspecified atom stereocenters. The summed E-state index contributed by atoms with van der Waals surface area (Å²) in [6.07, 6.45) is 5.11. The molecule has 108 valence electrons. The van der Waals surface area contributed by atoms with Gasteiger partial charge in [0.25, 0.3) is 0 Å². The molecule has 0 amide bonds. The van der Waals surface area contributed by atoms with E-state index in [1.807, 2.05) is 36.5 Å². The fourth-order valence-corrected chi connectivity index (χ4v) is 2.49. The monoisotopic (exact) mass is 292 g/mol. The van der Waals surface area contributed by atoms with Crippen LogP contribution in [0.5, 0.6) is 5.75 Å². The van der Waals surface area contributed by atoms with Crippen molar-refractivity contribution in [3.05, 3.63) is 66.5 Å². The number of rotatable bonds is 3. The minimum atomic E-state index is -0.233. The number of methoxy groups -OCH3 is 1. The van der Waals surface area contributed by atoms with E-state index in [-0.39, 0.29) is 5.78 Å². The molecule has 0 N–H and O–H groups in total. The average molecular weight is 292 g/mol. The predicted octanol–water partition coefficient (Wildman–Crippen LogP) is 3.32. The number of ether oxygens (including phenoxy) is 1. The number of hydrogen-bond donors (Lipinski definition) is 0. The molecule has 0 aliphatic carbocycles. The lowest BCUT2D eigenvalue weighted by Crippen LogP contribution is -2.00. The normalized spacial score (nSPS) is 11.1. The summed E-state index contributed by atoms with van der Waals surface area (Å²) in [5.74, 6) is 0.782. The van der Waals surface area contributed by atoms with Gasteiger partial charge in [-0.15, -0.1) is 0 Å². The van der Waals surface area contributed by atoms with Crippen LogP contribution in [0.4, 0.5) is 0 Å². The zero-order valence-corrected chi connectivity index (χ0v) is 11.8. The summed E-state index contributed by atoms with van der Waals surface area (Å²) in [6.45, 7) is 0. The van der Waals surface area contributed by atoms with Crippen molar-refractivity contribution in [3.8, 4) is 5.75 Å². The topological polar surface area (TPSA) is 56.7 Å². The highest BCUT2D eigenvalue weighted by Gasteiger charge is 2.20. The second-order valence-corrected chi connectivity index (χ2v) is 4.94. The van der Waals surface area contributed by atoms with Crippen LogP contribution in [0.3, 0.4) is 0 Å². The number of ketones is 1. The number of aromatic nitrogens is 2. The Kier molecular flexibility index (Phi) is 2.72. The molecule has 0 radical (unpaired) electrons. The lowest BCUT2D eigenvalue weighted by Gasteiger charge is -1.98.